The third kappa shape index (κ3) is 4.26. The summed E-state index contributed by atoms with van der Waals surface area (Å²) in [5.41, 5.74) is 1.34. The van der Waals surface area contributed by atoms with Crippen molar-refractivity contribution in [2.45, 2.75) is 19.3 Å². The second-order valence-corrected chi connectivity index (χ2v) is 5.74. The minimum atomic E-state index is 0.480. The van der Waals surface area contributed by atoms with E-state index in [4.69, 9.17) is 23.2 Å². The van der Waals surface area contributed by atoms with Crippen LogP contribution in [0.2, 0.25) is 10.0 Å². The van der Waals surface area contributed by atoms with Crippen LogP contribution in [0.3, 0.4) is 0 Å². The van der Waals surface area contributed by atoms with Gasteiger partial charge in [-0.2, -0.15) is 0 Å². The van der Waals surface area contributed by atoms with Crippen LogP contribution in [0.4, 0.5) is 11.6 Å². The minimum absolute atomic E-state index is 0.480. The van der Waals surface area contributed by atoms with Crippen LogP contribution in [0, 0.1) is 0 Å². The van der Waals surface area contributed by atoms with E-state index < -0.39 is 0 Å². The molecule has 21 heavy (non-hydrogen) atoms. The molecule has 0 bridgehead atoms. The van der Waals surface area contributed by atoms with Crippen LogP contribution in [-0.2, 0) is 0 Å². The van der Waals surface area contributed by atoms with Crippen molar-refractivity contribution in [1.29, 1.82) is 0 Å². The predicted molar refractivity (Wildman–Crippen MR) is 91.8 cm³/mol. The number of aromatic nitrogens is 1. The molecule has 0 radical (unpaired) electrons. The van der Waals surface area contributed by atoms with Gasteiger partial charge in [0.05, 0.1) is 10.0 Å². The Morgan fingerprint density at radius 3 is 2.43 bits per heavy atom. The van der Waals surface area contributed by atoms with E-state index >= 15 is 0 Å². The van der Waals surface area contributed by atoms with Gasteiger partial charge >= 0.3 is 0 Å². The SMILES string of the molecule is CNc1nc(NCCC(C)c2ccccc2)c(Cl)cc1Cl. The molecule has 2 rings (SSSR count). The number of rotatable bonds is 6. The van der Waals surface area contributed by atoms with Gasteiger partial charge in [0, 0.05) is 13.6 Å². The molecule has 1 aromatic heterocycles. The van der Waals surface area contributed by atoms with Crippen molar-refractivity contribution in [1.82, 2.24) is 4.98 Å². The van der Waals surface area contributed by atoms with E-state index in [1.807, 2.05) is 6.07 Å². The molecule has 2 N–H and O–H groups in total. The van der Waals surface area contributed by atoms with E-state index in [1.165, 1.54) is 5.56 Å². The van der Waals surface area contributed by atoms with Crippen LogP contribution < -0.4 is 10.6 Å². The van der Waals surface area contributed by atoms with E-state index in [1.54, 1.807) is 13.1 Å². The number of anilines is 2. The van der Waals surface area contributed by atoms with Crippen LogP contribution in [0.1, 0.15) is 24.8 Å². The maximum Gasteiger partial charge on any atom is 0.147 e. The summed E-state index contributed by atoms with van der Waals surface area (Å²) in [4.78, 5) is 4.37. The molecule has 0 amide bonds. The Labute approximate surface area is 135 Å². The molecule has 1 heterocycles. The lowest BCUT2D eigenvalue weighted by Crippen LogP contribution is -2.08. The lowest BCUT2D eigenvalue weighted by Gasteiger charge is -2.14. The first-order valence-corrected chi connectivity index (χ1v) is 7.70. The Balaban J connectivity index is 1.94. The molecule has 0 aliphatic rings. The standard InChI is InChI=1S/C16H19Cl2N3/c1-11(12-6-4-3-5-7-12)8-9-20-16-14(18)10-13(17)15(19-2)21-16/h3-7,10-11H,8-9H2,1-2H3,(H2,19,20,21). The van der Waals surface area contributed by atoms with Crippen LogP contribution in [0.25, 0.3) is 0 Å². The number of nitrogens with one attached hydrogen (secondary N) is 2. The highest BCUT2D eigenvalue weighted by molar-refractivity contribution is 6.37. The quantitative estimate of drug-likeness (QED) is 0.782. The molecule has 0 fully saturated rings. The fraction of sp³-hybridized carbons (Fsp3) is 0.312. The maximum atomic E-state index is 6.15. The minimum Gasteiger partial charge on any atom is -0.372 e. The molecule has 0 aliphatic heterocycles. The molecule has 112 valence electrons. The smallest absolute Gasteiger partial charge is 0.147 e. The molecule has 1 atom stereocenters. The largest absolute Gasteiger partial charge is 0.372 e. The van der Waals surface area contributed by atoms with E-state index in [0.29, 0.717) is 27.6 Å². The summed E-state index contributed by atoms with van der Waals surface area (Å²) in [6.07, 6.45) is 1.000. The highest BCUT2D eigenvalue weighted by Gasteiger charge is 2.09. The summed E-state index contributed by atoms with van der Waals surface area (Å²) >= 11 is 12.2. The van der Waals surface area contributed by atoms with Crippen molar-refractivity contribution >= 4 is 34.8 Å². The number of hydrogen-bond donors (Lipinski definition) is 2. The van der Waals surface area contributed by atoms with Crippen LogP contribution in [0.15, 0.2) is 36.4 Å². The van der Waals surface area contributed by atoms with Gasteiger partial charge in [-0.15, -0.1) is 0 Å². The Kier molecular flexibility index (Phi) is 5.71. The van der Waals surface area contributed by atoms with Crippen molar-refractivity contribution < 1.29 is 0 Å². The Morgan fingerprint density at radius 1 is 1.10 bits per heavy atom. The van der Waals surface area contributed by atoms with Gasteiger partial charge in [0.1, 0.15) is 11.6 Å². The van der Waals surface area contributed by atoms with E-state index in [2.05, 4.69) is 46.8 Å². The van der Waals surface area contributed by atoms with Crippen LogP contribution >= 0.6 is 23.2 Å². The molecule has 0 saturated carbocycles. The first-order valence-electron chi connectivity index (χ1n) is 6.94. The van der Waals surface area contributed by atoms with Crippen molar-refractivity contribution in [3.63, 3.8) is 0 Å². The normalized spacial score (nSPS) is 12.0. The Morgan fingerprint density at radius 2 is 1.76 bits per heavy atom. The maximum absolute atomic E-state index is 6.15. The van der Waals surface area contributed by atoms with Gasteiger partial charge in [-0.05, 0) is 24.0 Å². The third-order valence-corrected chi connectivity index (χ3v) is 3.98. The summed E-state index contributed by atoms with van der Waals surface area (Å²) in [5.74, 6) is 1.76. The second-order valence-electron chi connectivity index (χ2n) is 4.93. The predicted octanol–water partition coefficient (Wildman–Crippen LogP) is 5.04. The van der Waals surface area contributed by atoms with Gasteiger partial charge in [-0.3, -0.25) is 0 Å². The van der Waals surface area contributed by atoms with Gasteiger partial charge in [0.25, 0.3) is 0 Å². The number of benzene rings is 1. The summed E-state index contributed by atoms with van der Waals surface area (Å²) in [7, 11) is 1.78. The zero-order valence-electron chi connectivity index (χ0n) is 12.2. The molecule has 0 saturated heterocycles. The molecule has 5 heteroatoms. The Bertz CT molecular complexity index is 588. The van der Waals surface area contributed by atoms with E-state index in [-0.39, 0.29) is 0 Å². The topological polar surface area (TPSA) is 37.0 Å². The second kappa shape index (κ2) is 7.53. The third-order valence-electron chi connectivity index (χ3n) is 3.40. The first kappa shape index (κ1) is 15.9. The fourth-order valence-electron chi connectivity index (χ4n) is 2.12. The highest BCUT2D eigenvalue weighted by atomic mass is 35.5. The molecule has 3 nitrogen and oxygen atoms in total. The number of halogens is 2. The number of hydrogen-bond acceptors (Lipinski definition) is 3. The van der Waals surface area contributed by atoms with E-state index in [0.717, 1.165) is 13.0 Å². The number of nitrogens with zero attached hydrogens (tertiary/aromatic N) is 1. The van der Waals surface area contributed by atoms with Crippen molar-refractivity contribution in [2.75, 3.05) is 24.2 Å². The summed E-state index contributed by atoms with van der Waals surface area (Å²) in [6, 6.07) is 12.2. The zero-order chi connectivity index (χ0) is 15.2. The molecule has 0 spiro atoms. The summed E-state index contributed by atoms with van der Waals surface area (Å²) in [5, 5.41) is 7.27. The van der Waals surface area contributed by atoms with Gasteiger partial charge in [-0.1, -0.05) is 60.5 Å². The molecule has 1 aromatic carbocycles. The summed E-state index contributed by atoms with van der Waals surface area (Å²) < 4.78 is 0. The zero-order valence-corrected chi connectivity index (χ0v) is 13.7. The van der Waals surface area contributed by atoms with Gasteiger partial charge in [0.15, 0.2) is 0 Å². The van der Waals surface area contributed by atoms with E-state index in [9.17, 15) is 0 Å². The Hall–Kier alpha value is -1.45. The van der Waals surface area contributed by atoms with Crippen LogP contribution in [-0.4, -0.2) is 18.6 Å². The van der Waals surface area contributed by atoms with Crippen molar-refractivity contribution in [3.8, 4) is 0 Å². The molecule has 0 aliphatic carbocycles. The van der Waals surface area contributed by atoms with Crippen molar-refractivity contribution in [2.24, 2.45) is 0 Å². The van der Waals surface area contributed by atoms with Crippen molar-refractivity contribution in [3.05, 3.63) is 52.0 Å². The van der Waals surface area contributed by atoms with Crippen LogP contribution in [0.5, 0.6) is 0 Å². The molecular formula is C16H19Cl2N3. The molecular weight excluding hydrogens is 305 g/mol. The first-order chi connectivity index (χ1) is 10.1. The van der Waals surface area contributed by atoms with Gasteiger partial charge in [0.2, 0.25) is 0 Å². The highest BCUT2D eigenvalue weighted by Crippen LogP contribution is 2.29. The lowest BCUT2D eigenvalue weighted by molar-refractivity contribution is 0.705. The fourth-order valence-corrected chi connectivity index (χ4v) is 2.64. The summed E-state index contributed by atoms with van der Waals surface area (Å²) in [6.45, 7) is 3.01. The lowest BCUT2D eigenvalue weighted by atomic mass is 9.98. The monoisotopic (exact) mass is 323 g/mol. The van der Waals surface area contributed by atoms with Gasteiger partial charge in [-0.25, -0.2) is 4.98 Å². The molecule has 1 unspecified atom stereocenters. The van der Waals surface area contributed by atoms with Gasteiger partial charge < -0.3 is 10.6 Å². The average Bonchev–Trinajstić information content (AvgIpc) is 2.50. The molecule has 2 aromatic rings. The average molecular weight is 324 g/mol. The number of pyridine rings is 1.